The lowest BCUT2D eigenvalue weighted by atomic mass is 9.64. The van der Waals surface area contributed by atoms with Gasteiger partial charge >= 0.3 is 0 Å². The minimum atomic E-state index is 0.0958. The van der Waals surface area contributed by atoms with Crippen LogP contribution in [0.4, 0.5) is 0 Å². The first-order valence-electron chi connectivity index (χ1n) is 9.39. The number of nitrogens with one attached hydrogen (secondary N) is 1. The number of hydrogen-bond acceptors (Lipinski definition) is 3. The van der Waals surface area contributed by atoms with Crippen LogP contribution in [0.25, 0.3) is 0 Å². The van der Waals surface area contributed by atoms with Gasteiger partial charge in [0.25, 0.3) is 0 Å². The molecule has 0 unspecified atom stereocenters. The Morgan fingerprint density at radius 2 is 1.80 bits per heavy atom. The van der Waals surface area contributed by atoms with Gasteiger partial charge in [-0.2, -0.15) is 0 Å². The molecule has 1 aromatic carbocycles. The molecule has 5 nitrogen and oxygen atoms in total. The molecular formula is C20H29N3O2. The molecule has 1 heterocycles. The molecule has 1 saturated heterocycles. The van der Waals surface area contributed by atoms with Gasteiger partial charge in [0.15, 0.2) is 0 Å². The van der Waals surface area contributed by atoms with Crippen molar-refractivity contribution in [3.63, 3.8) is 0 Å². The predicted molar refractivity (Wildman–Crippen MR) is 98.3 cm³/mol. The molecule has 5 heteroatoms. The maximum atomic E-state index is 12.4. The molecule has 0 atom stereocenters. The third kappa shape index (κ3) is 4.40. The highest BCUT2D eigenvalue weighted by atomic mass is 16.2. The summed E-state index contributed by atoms with van der Waals surface area (Å²) in [5, 5.41) is 3.16. The van der Waals surface area contributed by atoms with Crippen molar-refractivity contribution in [2.75, 3.05) is 39.3 Å². The Labute approximate surface area is 150 Å². The summed E-state index contributed by atoms with van der Waals surface area (Å²) in [5.41, 5.74) is 1.47. The summed E-state index contributed by atoms with van der Waals surface area (Å²) in [6, 6.07) is 10.6. The highest BCUT2D eigenvalue weighted by Gasteiger charge is 2.38. The first-order valence-corrected chi connectivity index (χ1v) is 9.39. The number of hydrogen-bond donors (Lipinski definition) is 1. The average Bonchev–Trinajstić information content (AvgIpc) is 2.80. The summed E-state index contributed by atoms with van der Waals surface area (Å²) >= 11 is 0. The molecule has 1 aliphatic carbocycles. The second-order valence-electron chi connectivity index (χ2n) is 7.41. The van der Waals surface area contributed by atoms with E-state index in [1.807, 2.05) is 11.0 Å². The van der Waals surface area contributed by atoms with Gasteiger partial charge in [-0.3, -0.25) is 14.5 Å². The number of amides is 2. The van der Waals surface area contributed by atoms with Crippen molar-refractivity contribution >= 4 is 11.8 Å². The van der Waals surface area contributed by atoms with Crippen LogP contribution >= 0.6 is 0 Å². The third-order valence-electron chi connectivity index (χ3n) is 5.72. The Morgan fingerprint density at radius 1 is 1.04 bits per heavy atom. The van der Waals surface area contributed by atoms with Crippen molar-refractivity contribution in [1.29, 1.82) is 0 Å². The van der Waals surface area contributed by atoms with E-state index in [1.54, 1.807) is 6.92 Å². The lowest BCUT2D eigenvalue weighted by Gasteiger charge is -2.42. The van der Waals surface area contributed by atoms with Crippen LogP contribution in [0.15, 0.2) is 30.3 Å². The Kier molecular flexibility index (Phi) is 5.74. The summed E-state index contributed by atoms with van der Waals surface area (Å²) < 4.78 is 0. The molecule has 0 radical (unpaired) electrons. The molecule has 25 heavy (non-hydrogen) atoms. The van der Waals surface area contributed by atoms with Gasteiger partial charge < -0.3 is 10.2 Å². The first kappa shape index (κ1) is 17.9. The fourth-order valence-corrected chi connectivity index (χ4v) is 3.93. The van der Waals surface area contributed by atoms with E-state index in [4.69, 9.17) is 0 Å². The second kappa shape index (κ2) is 8.00. The third-order valence-corrected chi connectivity index (χ3v) is 5.72. The molecule has 2 fully saturated rings. The van der Waals surface area contributed by atoms with Crippen LogP contribution in [-0.2, 0) is 15.0 Å². The van der Waals surface area contributed by atoms with E-state index in [0.29, 0.717) is 6.54 Å². The minimum absolute atomic E-state index is 0.0958. The van der Waals surface area contributed by atoms with Gasteiger partial charge in [-0.1, -0.05) is 36.8 Å². The number of carbonyl (C=O) groups excluding carboxylic acids is 2. The standard InChI is InChI=1S/C20H29N3O2/c1-17(24)23-12-6-11-22(13-14-23)15-19(25)21-16-20(9-5-10-20)18-7-3-2-4-8-18/h2-4,7-8H,5-6,9-16H2,1H3,(H,21,25). The van der Waals surface area contributed by atoms with Crippen LogP contribution < -0.4 is 5.32 Å². The van der Waals surface area contributed by atoms with E-state index >= 15 is 0 Å². The van der Waals surface area contributed by atoms with Crippen molar-refractivity contribution < 1.29 is 9.59 Å². The summed E-state index contributed by atoms with van der Waals surface area (Å²) in [6.07, 6.45) is 4.46. The molecular weight excluding hydrogens is 314 g/mol. The van der Waals surface area contributed by atoms with Crippen molar-refractivity contribution in [1.82, 2.24) is 15.1 Å². The van der Waals surface area contributed by atoms with Gasteiger partial charge in [-0.25, -0.2) is 0 Å². The second-order valence-corrected chi connectivity index (χ2v) is 7.41. The predicted octanol–water partition coefficient (Wildman–Crippen LogP) is 1.78. The molecule has 136 valence electrons. The van der Waals surface area contributed by atoms with Crippen molar-refractivity contribution in [2.24, 2.45) is 0 Å². The van der Waals surface area contributed by atoms with Gasteiger partial charge in [0, 0.05) is 45.1 Å². The Balaban J connectivity index is 1.49. The van der Waals surface area contributed by atoms with Crippen LogP contribution in [0.5, 0.6) is 0 Å². The summed E-state index contributed by atoms with van der Waals surface area (Å²) in [5.74, 6) is 0.222. The van der Waals surface area contributed by atoms with Gasteiger partial charge in [0.2, 0.25) is 11.8 Å². The normalized spacial score (nSPS) is 20.4. The monoisotopic (exact) mass is 343 g/mol. The van der Waals surface area contributed by atoms with E-state index in [1.165, 1.54) is 12.0 Å². The van der Waals surface area contributed by atoms with E-state index in [9.17, 15) is 9.59 Å². The fraction of sp³-hybridized carbons (Fsp3) is 0.600. The number of benzene rings is 1. The largest absolute Gasteiger partial charge is 0.354 e. The topological polar surface area (TPSA) is 52.7 Å². The Bertz CT molecular complexity index is 598. The minimum Gasteiger partial charge on any atom is -0.354 e. The zero-order valence-electron chi connectivity index (χ0n) is 15.2. The molecule has 0 spiro atoms. The zero-order valence-corrected chi connectivity index (χ0v) is 15.2. The lowest BCUT2D eigenvalue weighted by Crippen LogP contribution is -2.48. The van der Waals surface area contributed by atoms with Crippen LogP contribution in [0, 0.1) is 0 Å². The van der Waals surface area contributed by atoms with Gasteiger partial charge in [-0.05, 0) is 24.8 Å². The molecule has 0 aromatic heterocycles. The van der Waals surface area contributed by atoms with E-state index < -0.39 is 0 Å². The number of rotatable bonds is 5. The van der Waals surface area contributed by atoms with Gasteiger partial charge in [0.05, 0.1) is 6.54 Å². The smallest absolute Gasteiger partial charge is 0.234 e. The SMILES string of the molecule is CC(=O)N1CCCN(CC(=O)NCC2(c3ccccc3)CCC2)CC1. The summed E-state index contributed by atoms with van der Waals surface area (Å²) in [4.78, 5) is 28.0. The first-order chi connectivity index (χ1) is 12.1. The molecule has 2 amide bonds. The van der Waals surface area contributed by atoms with Crippen molar-refractivity contribution in [3.05, 3.63) is 35.9 Å². The van der Waals surface area contributed by atoms with E-state index in [0.717, 1.165) is 52.0 Å². The van der Waals surface area contributed by atoms with E-state index in [-0.39, 0.29) is 17.2 Å². The number of carbonyl (C=O) groups is 2. The Hall–Kier alpha value is -1.88. The number of nitrogens with zero attached hydrogens (tertiary/aromatic N) is 2. The maximum absolute atomic E-state index is 12.4. The molecule has 1 N–H and O–H groups in total. The molecule has 3 rings (SSSR count). The van der Waals surface area contributed by atoms with Crippen LogP contribution in [0.2, 0.25) is 0 Å². The summed E-state index contributed by atoms with van der Waals surface area (Å²) in [7, 11) is 0. The van der Waals surface area contributed by atoms with Gasteiger partial charge in [-0.15, -0.1) is 0 Å². The summed E-state index contributed by atoms with van der Waals surface area (Å²) in [6.45, 7) is 5.93. The van der Waals surface area contributed by atoms with Gasteiger partial charge in [0.1, 0.15) is 0 Å². The van der Waals surface area contributed by atoms with E-state index in [2.05, 4.69) is 34.5 Å². The molecule has 1 aliphatic heterocycles. The molecule has 1 saturated carbocycles. The highest BCUT2D eigenvalue weighted by molar-refractivity contribution is 5.78. The van der Waals surface area contributed by atoms with Crippen LogP contribution in [0.3, 0.4) is 0 Å². The molecule has 1 aromatic rings. The average molecular weight is 343 g/mol. The quantitative estimate of drug-likeness (QED) is 0.887. The van der Waals surface area contributed by atoms with Crippen LogP contribution in [-0.4, -0.2) is 60.9 Å². The van der Waals surface area contributed by atoms with Crippen molar-refractivity contribution in [3.8, 4) is 0 Å². The zero-order chi connectivity index (χ0) is 17.7. The van der Waals surface area contributed by atoms with Crippen LogP contribution in [0.1, 0.15) is 38.2 Å². The fourth-order valence-electron chi connectivity index (χ4n) is 3.93. The molecule has 0 bridgehead atoms. The molecule has 2 aliphatic rings. The van der Waals surface area contributed by atoms with Crippen molar-refractivity contribution in [2.45, 2.75) is 38.0 Å². The lowest BCUT2D eigenvalue weighted by molar-refractivity contribution is -0.128. The highest BCUT2D eigenvalue weighted by Crippen LogP contribution is 2.43. The maximum Gasteiger partial charge on any atom is 0.234 e. The Morgan fingerprint density at radius 3 is 2.44 bits per heavy atom.